The summed E-state index contributed by atoms with van der Waals surface area (Å²) < 4.78 is 5.33. The van der Waals surface area contributed by atoms with Gasteiger partial charge >= 0.3 is 0 Å². The Morgan fingerprint density at radius 2 is 1.80 bits per heavy atom. The summed E-state index contributed by atoms with van der Waals surface area (Å²) in [5, 5.41) is 3.44. The summed E-state index contributed by atoms with van der Waals surface area (Å²) in [7, 11) is 1.67. The molecule has 132 valence electrons. The Balaban J connectivity index is 1.86. The first kappa shape index (κ1) is 17.3. The SMILES string of the molecule is COc1ccc(N[C@@H](C(=O)N2CCCCC2)c2ccccc2)cc1C. The Bertz CT molecular complexity index is 709. The van der Waals surface area contributed by atoms with Gasteiger partial charge in [0.15, 0.2) is 0 Å². The van der Waals surface area contributed by atoms with Crippen LogP contribution in [0.5, 0.6) is 5.75 Å². The number of anilines is 1. The molecule has 1 fully saturated rings. The molecule has 0 saturated carbocycles. The van der Waals surface area contributed by atoms with Crippen LogP contribution in [0.4, 0.5) is 5.69 Å². The predicted molar refractivity (Wildman–Crippen MR) is 101 cm³/mol. The van der Waals surface area contributed by atoms with Gasteiger partial charge in [-0.3, -0.25) is 4.79 Å². The molecule has 3 rings (SSSR count). The molecule has 0 unspecified atom stereocenters. The highest BCUT2D eigenvalue weighted by atomic mass is 16.5. The minimum atomic E-state index is -0.368. The summed E-state index contributed by atoms with van der Waals surface area (Å²) in [6.07, 6.45) is 3.40. The van der Waals surface area contributed by atoms with E-state index in [1.165, 1.54) is 6.42 Å². The second-order valence-electron chi connectivity index (χ2n) is 6.56. The number of carbonyl (C=O) groups excluding carboxylic acids is 1. The molecule has 0 aliphatic carbocycles. The van der Waals surface area contributed by atoms with E-state index in [-0.39, 0.29) is 11.9 Å². The van der Waals surface area contributed by atoms with Gasteiger partial charge in [0.1, 0.15) is 11.8 Å². The molecule has 1 atom stereocenters. The molecule has 1 N–H and O–H groups in total. The molecule has 4 nitrogen and oxygen atoms in total. The number of methoxy groups -OCH3 is 1. The van der Waals surface area contributed by atoms with E-state index in [0.717, 1.165) is 48.5 Å². The molecule has 1 heterocycles. The number of rotatable bonds is 5. The number of nitrogens with zero attached hydrogens (tertiary/aromatic N) is 1. The highest BCUT2D eigenvalue weighted by Crippen LogP contribution is 2.27. The number of hydrogen-bond donors (Lipinski definition) is 1. The van der Waals surface area contributed by atoms with Crippen LogP contribution in [0.25, 0.3) is 0 Å². The van der Waals surface area contributed by atoms with Crippen molar-refractivity contribution in [1.82, 2.24) is 4.90 Å². The van der Waals surface area contributed by atoms with E-state index >= 15 is 0 Å². The average molecular weight is 338 g/mol. The molecule has 0 aromatic heterocycles. The second-order valence-corrected chi connectivity index (χ2v) is 6.56. The number of nitrogens with one attached hydrogen (secondary N) is 1. The van der Waals surface area contributed by atoms with E-state index in [1.807, 2.05) is 60.4 Å². The lowest BCUT2D eigenvalue weighted by molar-refractivity contribution is -0.133. The molecule has 1 amide bonds. The zero-order valence-electron chi connectivity index (χ0n) is 15.0. The van der Waals surface area contributed by atoms with E-state index in [0.29, 0.717) is 0 Å². The maximum Gasteiger partial charge on any atom is 0.249 e. The number of benzene rings is 2. The minimum Gasteiger partial charge on any atom is -0.496 e. The van der Waals surface area contributed by atoms with Gasteiger partial charge in [-0.15, -0.1) is 0 Å². The van der Waals surface area contributed by atoms with Crippen molar-refractivity contribution in [2.75, 3.05) is 25.5 Å². The fourth-order valence-corrected chi connectivity index (χ4v) is 3.36. The molecule has 1 aliphatic heterocycles. The molecule has 0 bridgehead atoms. The molecule has 2 aromatic rings. The largest absolute Gasteiger partial charge is 0.496 e. The number of piperidine rings is 1. The molecule has 2 aromatic carbocycles. The maximum atomic E-state index is 13.1. The Hall–Kier alpha value is -2.49. The van der Waals surface area contributed by atoms with Crippen molar-refractivity contribution in [1.29, 1.82) is 0 Å². The van der Waals surface area contributed by atoms with Crippen LogP contribution in [-0.4, -0.2) is 31.0 Å². The molecular formula is C21H26N2O2. The summed E-state index contributed by atoms with van der Waals surface area (Å²) >= 11 is 0. The van der Waals surface area contributed by atoms with Gasteiger partial charge in [0, 0.05) is 18.8 Å². The lowest BCUT2D eigenvalue weighted by Gasteiger charge is -2.31. The molecule has 4 heteroatoms. The second kappa shape index (κ2) is 8.06. The lowest BCUT2D eigenvalue weighted by atomic mass is 10.0. The van der Waals surface area contributed by atoms with E-state index in [4.69, 9.17) is 4.74 Å². The normalized spacial score (nSPS) is 15.5. The molecule has 1 aliphatic rings. The van der Waals surface area contributed by atoms with Crippen molar-refractivity contribution in [3.05, 3.63) is 59.7 Å². The van der Waals surface area contributed by atoms with Crippen LogP contribution < -0.4 is 10.1 Å². The van der Waals surface area contributed by atoms with Gasteiger partial charge in [0.05, 0.1) is 7.11 Å². The quantitative estimate of drug-likeness (QED) is 0.890. The summed E-state index contributed by atoms with van der Waals surface area (Å²) in [5.74, 6) is 1.00. The third kappa shape index (κ3) is 4.13. The van der Waals surface area contributed by atoms with Gasteiger partial charge in [-0.05, 0) is 55.5 Å². The molecule has 25 heavy (non-hydrogen) atoms. The van der Waals surface area contributed by atoms with Gasteiger partial charge in [0.2, 0.25) is 5.91 Å². The number of amides is 1. The average Bonchev–Trinajstić information content (AvgIpc) is 2.67. The van der Waals surface area contributed by atoms with Crippen LogP contribution in [0, 0.1) is 6.92 Å². The first-order valence-electron chi connectivity index (χ1n) is 8.94. The van der Waals surface area contributed by atoms with E-state index in [1.54, 1.807) is 7.11 Å². The van der Waals surface area contributed by atoms with Crippen LogP contribution in [0.2, 0.25) is 0 Å². The Kier molecular flexibility index (Phi) is 5.59. The third-order valence-electron chi connectivity index (χ3n) is 4.75. The van der Waals surface area contributed by atoms with Crippen LogP contribution in [0.1, 0.15) is 36.4 Å². The van der Waals surface area contributed by atoms with Crippen LogP contribution in [0.3, 0.4) is 0 Å². The summed E-state index contributed by atoms with van der Waals surface area (Å²) in [5.41, 5.74) is 2.97. The maximum absolute atomic E-state index is 13.1. The van der Waals surface area contributed by atoms with E-state index in [9.17, 15) is 4.79 Å². The monoisotopic (exact) mass is 338 g/mol. The summed E-state index contributed by atoms with van der Waals surface area (Å²) in [4.78, 5) is 15.1. The van der Waals surface area contributed by atoms with Gasteiger partial charge in [-0.1, -0.05) is 30.3 Å². The van der Waals surface area contributed by atoms with Crippen LogP contribution >= 0.6 is 0 Å². The predicted octanol–water partition coefficient (Wildman–Crippen LogP) is 4.17. The molecule has 1 saturated heterocycles. The van der Waals surface area contributed by atoms with Gasteiger partial charge in [-0.2, -0.15) is 0 Å². The first-order chi connectivity index (χ1) is 12.2. The van der Waals surface area contributed by atoms with Crippen LogP contribution in [0.15, 0.2) is 48.5 Å². The summed E-state index contributed by atoms with van der Waals surface area (Å²) in [6.45, 7) is 3.71. The zero-order chi connectivity index (χ0) is 17.6. The fraction of sp³-hybridized carbons (Fsp3) is 0.381. The molecule has 0 radical (unpaired) electrons. The number of likely N-dealkylation sites (tertiary alicyclic amines) is 1. The van der Waals surface area contributed by atoms with Gasteiger partial charge in [-0.25, -0.2) is 0 Å². The fourth-order valence-electron chi connectivity index (χ4n) is 3.36. The lowest BCUT2D eigenvalue weighted by Crippen LogP contribution is -2.41. The van der Waals surface area contributed by atoms with Crippen molar-refractivity contribution in [3.63, 3.8) is 0 Å². The Morgan fingerprint density at radius 1 is 1.08 bits per heavy atom. The van der Waals surface area contributed by atoms with Crippen molar-refractivity contribution in [2.24, 2.45) is 0 Å². The highest BCUT2D eigenvalue weighted by Gasteiger charge is 2.27. The molecule has 0 spiro atoms. The smallest absolute Gasteiger partial charge is 0.249 e. The van der Waals surface area contributed by atoms with Crippen molar-refractivity contribution in [3.8, 4) is 5.75 Å². The number of hydrogen-bond acceptors (Lipinski definition) is 3. The summed E-state index contributed by atoms with van der Waals surface area (Å²) in [6, 6.07) is 15.5. The van der Waals surface area contributed by atoms with Crippen molar-refractivity contribution >= 4 is 11.6 Å². The Labute approximate surface area is 149 Å². The first-order valence-corrected chi connectivity index (χ1v) is 8.94. The Morgan fingerprint density at radius 3 is 2.44 bits per heavy atom. The van der Waals surface area contributed by atoms with Crippen molar-refractivity contribution in [2.45, 2.75) is 32.2 Å². The highest BCUT2D eigenvalue weighted by molar-refractivity contribution is 5.86. The third-order valence-corrected chi connectivity index (χ3v) is 4.75. The van der Waals surface area contributed by atoms with Gasteiger partial charge < -0.3 is 15.0 Å². The van der Waals surface area contributed by atoms with E-state index < -0.39 is 0 Å². The zero-order valence-corrected chi connectivity index (χ0v) is 15.0. The molecular weight excluding hydrogens is 312 g/mol. The van der Waals surface area contributed by atoms with Crippen molar-refractivity contribution < 1.29 is 9.53 Å². The van der Waals surface area contributed by atoms with E-state index in [2.05, 4.69) is 5.32 Å². The van der Waals surface area contributed by atoms with Crippen LogP contribution in [-0.2, 0) is 4.79 Å². The number of aryl methyl sites for hydroxylation is 1. The standard InChI is InChI=1S/C21H26N2O2/c1-16-15-18(11-12-19(16)25-2)22-20(17-9-5-3-6-10-17)21(24)23-13-7-4-8-14-23/h3,5-6,9-12,15,20,22H,4,7-8,13-14H2,1-2H3/t20-/m1/s1. The number of carbonyl (C=O) groups is 1. The minimum absolute atomic E-state index is 0.152. The van der Waals surface area contributed by atoms with Gasteiger partial charge in [0.25, 0.3) is 0 Å². The number of ether oxygens (including phenoxy) is 1. The topological polar surface area (TPSA) is 41.6 Å².